The lowest BCUT2D eigenvalue weighted by atomic mass is 9.88. The van der Waals surface area contributed by atoms with Crippen molar-refractivity contribution in [2.75, 3.05) is 11.9 Å². The summed E-state index contributed by atoms with van der Waals surface area (Å²) >= 11 is 5.20. The molecule has 2 atom stereocenters. The topological polar surface area (TPSA) is 106 Å². The number of nitrogens with one attached hydrogen (secondary N) is 3. The molecule has 1 heterocycles. The van der Waals surface area contributed by atoms with Crippen molar-refractivity contribution in [3.05, 3.63) is 76.5 Å². The maximum atomic E-state index is 13.2. The first-order valence-corrected chi connectivity index (χ1v) is 9.35. The Morgan fingerprint density at radius 2 is 2.07 bits per heavy atom. The van der Waals surface area contributed by atoms with Gasteiger partial charge < -0.3 is 20.7 Å². The standard InChI is InChI=1S/C20H20N4O4S/c1-3-28-16-10-5-4-9-15(16)22-19(25)17-12(2)21-20(29)23-18(17)13-7-6-8-14(11-13)24(26)27/h4-11,17-18H,2-3H2,1H3,(H,22,25)(H2,21,23,29)/t17-,18+/m0/s1. The van der Waals surface area contributed by atoms with Gasteiger partial charge in [-0.3, -0.25) is 14.9 Å². The van der Waals surface area contributed by atoms with E-state index in [0.717, 1.165) is 0 Å². The second-order valence-electron chi connectivity index (χ2n) is 6.35. The summed E-state index contributed by atoms with van der Waals surface area (Å²) < 4.78 is 5.56. The van der Waals surface area contributed by atoms with Crippen LogP contribution >= 0.6 is 12.2 Å². The normalized spacial score (nSPS) is 18.4. The number of ether oxygens (including phenoxy) is 1. The average molecular weight is 412 g/mol. The summed E-state index contributed by atoms with van der Waals surface area (Å²) in [5.74, 6) is -0.562. The SMILES string of the molecule is C=C1NC(=S)N[C@H](c2cccc([N+](=O)[O-])c2)[C@H]1C(=O)Nc1ccccc1OCC. The van der Waals surface area contributed by atoms with Gasteiger partial charge in [-0.15, -0.1) is 0 Å². The van der Waals surface area contributed by atoms with Crippen molar-refractivity contribution < 1.29 is 14.5 Å². The van der Waals surface area contributed by atoms with Crippen LogP contribution in [-0.4, -0.2) is 22.5 Å². The van der Waals surface area contributed by atoms with E-state index in [1.54, 1.807) is 30.3 Å². The zero-order chi connectivity index (χ0) is 21.0. The number of non-ortho nitro benzene ring substituents is 1. The highest BCUT2D eigenvalue weighted by molar-refractivity contribution is 7.80. The van der Waals surface area contributed by atoms with Gasteiger partial charge in [0.25, 0.3) is 5.69 Å². The highest BCUT2D eigenvalue weighted by atomic mass is 32.1. The van der Waals surface area contributed by atoms with Crippen LogP contribution in [0.15, 0.2) is 60.8 Å². The van der Waals surface area contributed by atoms with Gasteiger partial charge in [-0.05, 0) is 36.8 Å². The summed E-state index contributed by atoms with van der Waals surface area (Å²) in [5, 5.41) is 20.2. The lowest BCUT2D eigenvalue weighted by Gasteiger charge is -2.35. The van der Waals surface area contributed by atoms with Gasteiger partial charge in [0.2, 0.25) is 5.91 Å². The lowest BCUT2D eigenvalue weighted by molar-refractivity contribution is -0.384. The Morgan fingerprint density at radius 1 is 1.31 bits per heavy atom. The Morgan fingerprint density at radius 3 is 2.79 bits per heavy atom. The first-order valence-electron chi connectivity index (χ1n) is 8.94. The van der Waals surface area contributed by atoms with Crippen LogP contribution < -0.4 is 20.7 Å². The number of rotatable bonds is 6. The van der Waals surface area contributed by atoms with Crippen molar-refractivity contribution in [1.82, 2.24) is 10.6 Å². The van der Waals surface area contributed by atoms with Gasteiger partial charge in [0.15, 0.2) is 5.11 Å². The predicted octanol–water partition coefficient (Wildman–Crippen LogP) is 3.28. The fourth-order valence-corrected chi connectivity index (χ4v) is 3.42. The monoisotopic (exact) mass is 412 g/mol. The Hall–Kier alpha value is -3.46. The van der Waals surface area contributed by atoms with Gasteiger partial charge >= 0.3 is 0 Å². The summed E-state index contributed by atoms with van der Waals surface area (Å²) in [5.41, 5.74) is 1.41. The number of anilines is 1. The van der Waals surface area contributed by atoms with Gasteiger partial charge in [0, 0.05) is 17.8 Å². The number of hydrogen-bond acceptors (Lipinski definition) is 5. The number of hydrogen-bond donors (Lipinski definition) is 3. The number of para-hydroxylation sites is 2. The van der Waals surface area contributed by atoms with E-state index in [1.165, 1.54) is 12.1 Å². The van der Waals surface area contributed by atoms with Crippen molar-refractivity contribution in [3.8, 4) is 5.75 Å². The number of carbonyl (C=O) groups excluding carboxylic acids is 1. The molecule has 150 valence electrons. The number of benzene rings is 2. The second-order valence-corrected chi connectivity index (χ2v) is 6.76. The molecule has 0 aliphatic carbocycles. The molecule has 0 spiro atoms. The molecular formula is C20H20N4O4S. The number of nitrogens with zero attached hydrogens (tertiary/aromatic N) is 1. The van der Waals surface area contributed by atoms with Gasteiger partial charge in [0.1, 0.15) is 11.7 Å². The molecule has 0 saturated carbocycles. The van der Waals surface area contributed by atoms with Gasteiger partial charge in [0.05, 0.1) is 23.3 Å². The third-order valence-electron chi connectivity index (χ3n) is 4.44. The first-order chi connectivity index (χ1) is 13.9. The summed E-state index contributed by atoms with van der Waals surface area (Å²) in [4.78, 5) is 23.8. The van der Waals surface area contributed by atoms with Crippen LogP contribution in [0.3, 0.4) is 0 Å². The number of nitro benzene ring substituents is 1. The van der Waals surface area contributed by atoms with E-state index in [9.17, 15) is 14.9 Å². The minimum Gasteiger partial charge on any atom is -0.492 e. The highest BCUT2D eigenvalue weighted by Crippen LogP contribution is 2.33. The molecule has 0 bridgehead atoms. The van der Waals surface area contributed by atoms with E-state index in [4.69, 9.17) is 17.0 Å². The first kappa shape index (κ1) is 20.3. The molecule has 2 aromatic carbocycles. The molecule has 1 aliphatic heterocycles. The van der Waals surface area contributed by atoms with E-state index in [2.05, 4.69) is 22.5 Å². The summed E-state index contributed by atoms with van der Waals surface area (Å²) in [7, 11) is 0. The van der Waals surface area contributed by atoms with Crippen molar-refractivity contribution >= 4 is 34.6 Å². The van der Waals surface area contributed by atoms with Gasteiger partial charge in [-0.1, -0.05) is 30.8 Å². The molecular weight excluding hydrogens is 392 g/mol. The van der Waals surface area contributed by atoms with Crippen LogP contribution in [0, 0.1) is 16.0 Å². The number of carbonyl (C=O) groups is 1. The number of thiocarbonyl (C=S) groups is 1. The Bertz CT molecular complexity index is 978. The summed E-state index contributed by atoms with van der Waals surface area (Å²) in [6.07, 6.45) is 0. The largest absolute Gasteiger partial charge is 0.492 e. The van der Waals surface area contributed by atoms with E-state index in [0.29, 0.717) is 34.4 Å². The molecule has 0 unspecified atom stereocenters. The second kappa shape index (κ2) is 8.70. The van der Waals surface area contributed by atoms with Gasteiger partial charge in [-0.25, -0.2) is 0 Å². The molecule has 1 amide bonds. The van der Waals surface area contributed by atoms with Crippen LogP contribution in [-0.2, 0) is 4.79 Å². The van der Waals surface area contributed by atoms with Crippen LogP contribution in [0.2, 0.25) is 0 Å². The molecule has 9 heteroatoms. The van der Waals surface area contributed by atoms with Gasteiger partial charge in [-0.2, -0.15) is 0 Å². The molecule has 3 rings (SSSR count). The molecule has 8 nitrogen and oxygen atoms in total. The van der Waals surface area contributed by atoms with Crippen molar-refractivity contribution in [2.24, 2.45) is 5.92 Å². The third kappa shape index (κ3) is 4.52. The Kier molecular flexibility index (Phi) is 6.08. The number of nitro groups is 1. The zero-order valence-electron chi connectivity index (χ0n) is 15.7. The molecule has 1 saturated heterocycles. The summed E-state index contributed by atoms with van der Waals surface area (Å²) in [6.45, 7) is 6.25. The van der Waals surface area contributed by atoms with Crippen molar-refractivity contribution in [3.63, 3.8) is 0 Å². The molecule has 0 aromatic heterocycles. The summed E-state index contributed by atoms with van der Waals surface area (Å²) in [6, 6.07) is 12.6. The van der Waals surface area contributed by atoms with Crippen LogP contribution in [0.4, 0.5) is 11.4 Å². The van der Waals surface area contributed by atoms with Crippen molar-refractivity contribution in [1.29, 1.82) is 0 Å². The quantitative estimate of drug-likeness (QED) is 0.380. The van der Waals surface area contributed by atoms with Crippen molar-refractivity contribution in [2.45, 2.75) is 13.0 Å². The maximum absolute atomic E-state index is 13.2. The van der Waals surface area contributed by atoms with E-state index < -0.39 is 16.9 Å². The smallest absolute Gasteiger partial charge is 0.269 e. The Balaban J connectivity index is 1.93. The molecule has 2 aromatic rings. The van der Waals surface area contributed by atoms with Crippen LogP contribution in [0.5, 0.6) is 5.75 Å². The molecule has 3 N–H and O–H groups in total. The van der Waals surface area contributed by atoms with E-state index in [1.807, 2.05) is 13.0 Å². The Labute approximate surface area is 173 Å². The number of amides is 1. The van der Waals surface area contributed by atoms with Crippen LogP contribution in [0.1, 0.15) is 18.5 Å². The van der Waals surface area contributed by atoms with E-state index in [-0.39, 0.29) is 11.6 Å². The molecule has 1 fully saturated rings. The lowest BCUT2D eigenvalue weighted by Crippen LogP contribution is -2.51. The van der Waals surface area contributed by atoms with E-state index >= 15 is 0 Å². The molecule has 0 radical (unpaired) electrons. The molecule has 1 aliphatic rings. The maximum Gasteiger partial charge on any atom is 0.269 e. The van der Waals surface area contributed by atoms with Crippen LogP contribution in [0.25, 0.3) is 0 Å². The fourth-order valence-electron chi connectivity index (χ4n) is 3.16. The minimum absolute atomic E-state index is 0.0692. The predicted molar refractivity (Wildman–Crippen MR) is 114 cm³/mol. The zero-order valence-corrected chi connectivity index (χ0v) is 16.5. The average Bonchev–Trinajstić information content (AvgIpc) is 2.69. The third-order valence-corrected chi connectivity index (χ3v) is 4.66. The fraction of sp³-hybridized carbons (Fsp3) is 0.200. The molecule has 29 heavy (non-hydrogen) atoms. The minimum atomic E-state index is -0.765. The highest BCUT2D eigenvalue weighted by Gasteiger charge is 2.37.